The highest BCUT2D eigenvalue weighted by molar-refractivity contribution is 5.97. The molecule has 10 nitrogen and oxygen atoms in total. The lowest BCUT2D eigenvalue weighted by Gasteiger charge is -2.31. The number of amides is 2. The zero-order valence-electron chi connectivity index (χ0n) is 23.5. The van der Waals surface area contributed by atoms with Crippen LogP contribution in [-0.4, -0.2) is 44.9 Å². The number of rotatable bonds is 3. The molecular formula is C31H33N7O3. The molecule has 2 aromatic heterocycles. The highest BCUT2D eigenvalue weighted by atomic mass is 16.5. The number of hydrogen-bond acceptors (Lipinski definition) is 8. The second kappa shape index (κ2) is 11.0. The number of aromatic nitrogens is 3. The summed E-state index contributed by atoms with van der Waals surface area (Å²) in [5.41, 5.74) is 6.88. The maximum atomic E-state index is 13.4. The van der Waals surface area contributed by atoms with Crippen LogP contribution in [0.5, 0.6) is 0 Å². The molecule has 10 heteroatoms. The van der Waals surface area contributed by atoms with Gasteiger partial charge < -0.3 is 25.4 Å². The van der Waals surface area contributed by atoms with E-state index in [-0.39, 0.29) is 17.7 Å². The maximum absolute atomic E-state index is 13.4. The van der Waals surface area contributed by atoms with Crippen molar-refractivity contribution in [3.8, 4) is 0 Å². The first-order valence-corrected chi connectivity index (χ1v) is 14.0. The number of fused-ring (bicyclic) bond motifs is 6. The smallest absolute Gasteiger partial charge is 0.259 e. The van der Waals surface area contributed by atoms with Crippen molar-refractivity contribution in [2.75, 3.05) is 29.0 Å². The van der Waals surface area contributed by atoms with E-state index in [1.165, 1.54) is 5.56 Å². The zero-order valence-corrected chi connectivity index (χ0v) is 23.5. The third-order valence-electron chi connectivity index (χ3n) is 7.86. The predicted molar refractivity (Wildman–Crippen MR) is 157 cm³/mol. The van der Waals surface area contributed by atoms with Gasteiger partial charge >= 0.3 is 0 Å². The molecule has 0 saturated carbocycles. The van der Waals surface area contributed by atoms with E-state index >= 15 is 0 Å². The highest BCUT2D eigenvalue weighted by Gasteiger charge is 2.30. The van der Waals surface area contributed by atoms with Crippen LogP contribution >= 0.6 is 0 Å². The van der Waals surface area contributed by atoms with E-state index in [1.54, 1.807) is 24.9 Å². The Labute approximate surface area is 238 Å². The van der Waals surface area contributed by atoms with Crippen LogP contribution in [0, 0.1) is 26.7 Å². The first kappa shape index (κ1) is 26.5. The number of likely N-dealkylation sites (tertiary alicyclic amines) is 1. The molecule has 1 saturated heterocycles. The van der Waals surface area contributed by atoms with Gasteiger partial charge in [-0.1, -0.05) is 17.3 Å². The molecule has 0 radical (unpaired) electrons. The minimum absolute atomic E-state index is 0.0169. The molecule has 3 N–H and O–H groups in total. The monoisotopic (exact) mass is 551 g/mol. The lowest BCUT2D eigenvalue weighted by Crippen LogP contribution is -2.41. The zero-order chi connectivity index (χ0) is 28.5. The minimum atomic E-state index is -0.173. The summed E-state index contributed by atoms with van der Waals surface area (Å²) < 4.78 is 5.17. The van der Waals surface area contributed by atoms with E-state index in [9.17, 15) is 9.59 Å². The molecule has 4 heterocycles. The van der Waals surface area contributed by atoms with E-state index in [1.807, 2.05) is 31.2 Å². The number of aryl methyl sites for hydroxylation is 5. The lowest BCUT2D eigenvalue weighted by atomic mass is 9.94. The molecule has 41 heavy (non-hydrogen) atoms. The highest BCUT2D eigenvalue weighted by Crippen LogP contribution is 2.29. The molecule has 0 aliphatic carbocycles. The average molecular weight is 552 g/mol. The van der Waals surface area contributed by atoms with Gasteiger partial charge in [-0.3, -0.25) is 9.59 Å². The third kappa shape index (κ3) is 5.63. The number of carbonyl (C=O) groups excluding carboxylic acids is 2. The number of nitrogens with one attached hydrogen (secondary N) is 3. The van der Waals surface area contributed by atoms with Gasteiger partial charge in [0.1, 0.15) is 17.1 Å². The van der Waals surface area contributed by atoms with Gasteiger partial charge in [-0.25, -0.2) is 4.98 Å². The molecule has 4 aromatic rings. The molecule has 6 rings (SSSR count). The summed E-state index contributed by atoms with van der Waals surface area (Å²) in [5, 5.41) is 13.8. The first-order chi connectivity index (χ1) is 19.8. The summed E-state index contributed by atoms with van der Waals surface area (Å²) in [7, 11) is 0. The third-order valence-corrected chi connectivity index (χ3v) is 7.86. The molecule has 2 aromatic carbocycles. The van der Waals surface area contributed by atoms with Gasteiger partial charge in [-0.15, -0.1) is 0 Å². The first-order valence-electron chi connectivity index (χ1n) is 14.0. The van der Waals surface area contributed by atoms with Crippen LogP contribution in [0.3, 0.4) is 0 Å². The molecule has 210 valence electrons. The standard InChI is InChI=1S/C31H33N7O3/c1-18-17-32-31-34-24-6-4-5-21(15-24)7-8-23-16-25(33-28(18)36-31)9-10-26(23)35-29(39)22-11-13-38(14-12-22)30(40)27-19(2)37-41-20(27)3/h4-6,9-10,15-17,22H,7-8,11-14H2,1-3H3,(H,35,39)(H2,32,33,34,36). The fourth-order valence-electron chi connectivity index (χ4n) is 5.50. The van der Waals surface area contributed by atoms with Gasteiger partial charge in [0.2, 0.25) is 11.9 Å². The predicted octanol–water partition coefficient (Wildman–Crippen LogP) is 5.47. The number of hydrogen-bond donors (Lipinski definition) is 3. The second-order valence-corrected chi connectivity index (χ2v) is 10.8. The summed E-state index contributed by atoms with van der Waals surface area (Å²) in [4.78, 5) is 37.3. The summed E-state index contributed by atoms with van der Waals surface area (Å²) in [6.07, 6.45) is 4.56. The van der Waals surface area contributed by atoms with Crippen molar-refractivity contribution < 1.29 is 14.1 Å². The Morgan fingerprint density at radius 1 is 1.00 bits per heavy atom. The molecule has 0 unspecified atom stereocenters. The second-order valence-electron chi connectivity index (χ2n) is 10.8. The number of benzene rings is 2. The van der Waals surface area contributed by atoms with Crippen molar-refractivity contribution in [1.82, 2.24) is 20.0 Å². The molecular weight excluding hydrogens is 518 g/mol. The topological polar surface area (TPSA) is 125 Å². The van der Waals surface area contributed by atoms with Crippen LogP contribution in [-0.2, 0) is 17.6 Å². The van der Waals surface area contributed by atoms with Gasteiger partial charge in [-0.2, -0.15) is 4.98 Å². The van der Waals surface area contributed by atoms with Crippen molar-refractivity contribution in [3.63, 3.8) is 0 Å². The number of nitrogens with zero attached hydrogens (tertiary/aromatic N) is 4. The summed E-state index contributed by atoms with van der Waals surface area (Å²) in [6, 6.07) is 14.2. The molecule has 0 spiro atoms. The Balaban J connectivity index is 1.19. The van der Waals surface area contributed by atoms with Crippen LogP contribution < -0.4 is 16.0 Å². The molecule has 2 amide bonds. The van der Waals surface area contributed by atoms with Gasteiger partial charge in [-0.05, 0) is 87.9 Å². The fraction of sp³-hybridized carbons (Fsp3) is 0.323. The summed E-state index contributed by atoms with van der Waals surface area (Å²) >= 11 is 0. The number of anilines is 5. The Morgan fingerprint density at radius 3 is 2.59 bits per heavy atom. The van der Waals surface area contributed by atoms with E-state index < -0.39 is 0 Å². The summed E-state index contributed by atoms with van der Waals surface area (Å²) in [6.45, 7) is 6.52. The van der Waals surface area contributed by atoms with Crippen LogP contribution in [0.1, 0.15) is 51.3 Å². The molecule has 2 aliphatic rings. The van der Waals surface area contributed by atoms with E-state index in [0.717, 1.165) is 46.8 Å². The van der Waals surface area contributed by atoms with Gasteiger partial charge in [0.15, 0.2) is 0 Å². The quantitative estimate of drug-likeness (QED) is 0.306. The lowest BCUT2D eigenvalue weighted by molar-refractivity contribution is -0.121. The normalized spacial score (nSPS) is 15.0. The molecule has 1 fully saturated rings. The maximum Gasteiger partial charge on any atom is 0.259 e. The number of piperidine rings is 1. The van der Waals surface area contributed by atoms with Gasteiger partial charge in [0.25, 0.3) is 5.91 Å². The Morgan fingerprint density at radius 2 is 1.80 bits per heavy atom. The van der Waals surface area contributed by atoms with Crippen molar-refractivity contribution in [2.24, 2.45) is 5.92 Å². The SMILES string of the molecule is Cc1cnc2nc1Nc1ccc(NC(=O)C3CCN(C(=O)c4c(C)noc4C)CC3)c(c1)CCc1cccc(c1)N2. The average Bonchev–Trinajstić information content (AvgIpc) is 3.31. The minimum Gasteiger partial charge on any atom is -0.361 e. The van der Waals surface area contributed by atoms with Crippen LogP contribution in [0.2, 0.25) is 0 Å². The van der Waals surface area contributed by atoms with Crippen molar-refractivity contribution in [1.29, 1.82) is 0 Å². The Kier molecular flexibility index (Phi) is 7.13. The number of carbonyl (C=O) groups is 2. The van der Waals surface area contributed by atoms with Crippen LogP contribution in [0.4, 0.5) is 28.8 Å². The van der Waals surface area contributed by atoms with E-state index in [0.29, 0.717) is 48.9 Å². The van der Waals surface area contributed by atoms with Crippen LogP contribution in [0.25, 0.3) is 0 Å². The van der Waals surface area contributed by atoms with Crippen molar-refractivity contribution >= 4 is 40.6 Å². The molecule has 2 aliphatic heterocycles. The molecule has 0 atom stereocenters. The summed E-state index contributed by atoms with van der Waals surface area (Å²) in [5.74, 6) is 1.50. The fourth-order valence-corrected chi connectivity index (χ4v) is 5.50. The largest absolute Gasteiger partial charge is 0.361 e. The Bertz CT molecular complexity index is 1600. The van der Waals surface area contributed by atoms with Crippen molar-refractivity contribution in [3.05, 3.63) is 82.4 Å². The Hall–Kier alpha value is -4.73. The van der Waals surface area contributed by atoms with E-state index in [4.69, 9.17) is 4.52 Å². The molecule has 6 bridgehead atoms. The van der Waals surface area contributed by atoms with Crippen LogP contribution in [0.15, 0.2) is 53.2 Å². The van der Waals surface area contributed by atoms with E-state index in [2.05, 4.69) is 49.3 Å². The van der Waals surface area contributed by atoms with Gasteiger partial charge in [0.05, 0.1) is 5.69 Å². The van der Waals surface area contributed by atoms with Crippen molar-refractivity contribution in [2.45, 2.75) is 46.5 Å². The van der Waals surface area contributed by atoms with Gasteiger partial charge in [0, 0.05) is 47.8 Å².